The van der Waals surface area contributed by atoms with E-state index in [1.54, 1.807) is 0 Å². The molecule has 1 aliphatic carbocycles. The lowest BCUT2D eigenvalue weighted by molar-refractivity contribution is -0.886. The van der Waals surface area contributed by atoms with Crippen molar-refractivity contribution in [2.45, 2.75) is 44.4 Å². The van der Waals surface area contributed by atoms with Crippen LogP contribution < -0.4 is 17.3 Å². The normalized spacial score (nSPS) is 24.0. The molecule has 5 nitrogen and oxygen atoms in total. The van der Waals surface area contributed by atoms with Gasteiger partial charge in [0, 0.05) is 7.05 Å². The summed E-state index contributed by atoms with van der Waals surface area (Å²) in [4.78, 5) is 3.12. The van der Waals surface area contributed by atoms with E-state index in [1.807, 2.05) is 24.3 Å². The first-order valence-electron chi connectivity index (χ1n) is 8.38. The zero-order chi connectivity index (χ0) is 16.1. The number of ether oxygens (including phenoxy) is 1. The number of benzene rings is 1. The number of nitrogens with one attached hydrogen (secondary N) is 1. The number of quaternary nitrogens is 1. The number of rotatable bonds is 6. The van der Waals surface area contributed by atoms with Crippen molar-refractivity contribution in [3.8, 4) is 0 Å². The van der Waals surface area contributed by atoms with Crippen LogP contribution in [-0.4, -0.2) is 36.3 Å². The zero-order valence-corrected chi connectivity index (χ0v) is 14.8. The lowest BCUT2D eigenvalue weighted by Crippen LogP contribution is -3.12. The van der Waals surface area contributed by atoms with Crippen molar-refractivity contribution in [3.05, 3.63) is 47.8 Å². The molecule has 1 aliphatic heterocycles. The van der Waals surface area contributed by atoms with Gasteiger partial charge in [0.1, 0.15) is 12.4 Å². The third-order valence-electron chi connectivity index (χ3n) is 4.93. The van der Waals surface area contributed by atoms with Gasteiger partial charge in [-0.3, -0.25) is 4.90 Å². The molecular formula is C18H26ClN3O2. The van der Waals surface area contributed by atoms with E-state index in [-0.39, 0.29) is 18.6 Å². The zero-order valence-electron chi connectivity index (χ0n) is 14.1. The van der Waals surface area contributed by atoms with E-state index < -0.39 is 0 Å². The Morgan fingerprint density at radius 1 is 1.33 bits per heavy atom. The number of halogens is 1. The summed E-state index contributed by atoms with van der Waals surface area (Å²) >= 11 is 0. The average Bonchev–Trinajstić information content (AvgIpc) is 3.21. The van der Waals surface area contributed by atoms with Crippen LogP contribution in [0.25, 0.3) is 0 Å². The third-order valence-corrected chi connectivity index (χ3v) is 4.93. The molecule has 1 heterocycles. The molecule has 0 aromatic heterocycles. The quantitative estimate of drug-likeness (QED) is 0.389. The lowest BCUT2D eigenvalue weighted by atomic mass is 9.93. The minimum atomic E-state index is -0.00919. The predicted molar refractivity (Wildman–Crippen MR) is 89.2 cm³/mol. The van der Waals surface area contributed by atoms with Gasteiger partial charge in [-0.05, 0) is 29.9 Å². The molecule has 1 saturated carbocycles. The summed E-state index contributed by atoms with van der Waals surface area (Å²) in [7, 11) is 1.96. The Hall–Kier alpha value is -1.56. The first kappa shape index (κ1) is 18.8. The van der Waals surface area contributed by atoms with E-state index in [2.05, 4.69) is 29.4 Å². The van der Waals surface area contributed by atoms with Crippen molar-refractivity contribution >= 4 is 6.21 Å². The van der Waals surface area contributed by atoms with Crippen molar-refractivity contribution < 1.29 is 27.3 Å². The van der Waals surface area contributed by atoms with E-state index >= 15 is 0 Å². The van der Waals surface area contributed by atoms with Gasteiger partial charge >= 0.3 is 0 Å². The number of oxime groups is 1. The summed E-state index contributed by atoms with van der Waals surface area (Å²) in [5, 5.41) is 12.0. The van der Waals surface area contributed by atoms with Crippen LogP contribution in [0.1, 0.15) is 42.7 Å². The molecule has 6 heteroatoms. The van der Waals surface area contributed by atoms with E-state index in [9.17, 15) is 0 Å². The molecule has 24 heavy (non-hydrogen) atoms. The van der Waals surface area contributed by atoms with Crippen LogP contribution in [0.5, 0.6) is 0 Å². The van der Waals surface area contributed by atoms with Crippen LogP contribution in [0, 0.1) is 0 Å². The summed E-state index contributed by atoms with van der Waals surface area (Å²) in [6.07, 6.45) is 10.8. The van der Waals surface area contributed by atoms with E-state index in [0.717, 1.165) is 4.90 Å². The van der Waals surface area contributed by atoms with Crippen molar-refractivity contribution in [3.63, 3.8) is 0 Å². The fraction of sp³-hybridized carbons (Fsp3) is 0.500. The van der Waals surface area contributed by atoms with Crippen molar-refractivity contribution in [1.82, 2.24) is 4.90 Å². The molecule has 0 amide bonds. The van der Waals surface area contributed by atoms with Crippen molar-refractivity contribution in [2.24, 2.45) is 5.16 Å². The van der Waals surface area contributed by atoms with Crippen LogP contribution in [0.3, 0.4) is 0 Å². The van der Waals surface area contributed by atoms with Gasteiger partial charge in [-0.15, -0.1) is 0 Å². The second-order valence-electron chi connectivity index (χ2n) is 6.44. The Kier molecular flexibility index (Phi) is 7.09. The summed E-state index contributed by atoms with van der Waals surface area (Å²) in [6, 6.07) is 8.66. The Balaban J connectivity index is 0.00000208. The van der Waals surface area contributed by atoms with Gasteiger partial charge in [-0.1, -0.05) is 42.3 Å². The van der Waals surface area contributed by atoms with Crippen molar-refractivity contribution in [2.75, 3.05) is 13.8 Å². The lowest BCUT2D eigenvalue weighted by Gasteiger charge is -2.22. The Bertz CT molecular complexity index is 573. The van der Waals surface area contributed by atoms with E-state index in [1.165, 1.54) is 43.0 Å². The van der Waals surface area contributed by atoms with Gasteiger partial charge < -0.3 is 27.3 Å². The molecule has 0 radical (unpaired) electrons. The molecule has 1 aromatic carbocycles. The minimum absolute atomic E-state index is 0. The first-order chi connectivity index (χ1) is 11.3. The topological polar surface area (TPSA) is 49.5 Å². The molecule has 2 N–H and O–H groups in total. The highest BCUT2D eigenvalue weighted by atomic mass is 35.5. The van der Waals surface area contributed by atoms with Gasteiger partial charge in [-0.2, -0.15) is 0 Å². The second kappa shape index (κ2) is 9.06. The molecule has 2 unspecified atom stereocenters. The fourth-order valence-corrected chi connectivity index (χ4v) is 3.64. The van der Waals surface area contributed by atoms with Crippen LogP contribution >= 0.6 is 0 Å². The summed E-state index contributed by atoms with van der Waals surface area (Å²) in [6.45, 7) is 1.19. The standard InChI is InChI=1S/C18H25N3O2.ClH/c1-20-10-11-21(18(20)12-19-22)14-23-13-16-8-4-5-9-17(16)15-6-2-3-7-15;/h4-5,8-12,15,18,22H,2-3,6-7,13-14H2,1H3;1H/b19-12-;. The maximum absolute atomic E-state index is 8.78. The molecule has 132 valence electrons. The molecular weight excluding hydrogens is 326 g/mol. The van der Waals surface area contributed by atoms with Gasteiger partial charge in [0.2, 0.25) is 6.17 Å². The SMILES string of the molecule is CN1C=C[NH+](COCc2ccccc2C2CCCC2)C1/C=N\O.[Cl-]. The molecule has 1 aromatic rings. The van der Waals surface area contributed by atoms with Gasteiger partial charge in [-0.25, -0.2) is 0 Å². The first-order valence-corrected chi connectivity index (χ1v) is 8.38. The fourth-order valence-electron chi connectivity index (χ4n) is 3.64. The Morgan fingerprint density at radius 3 is 2.83 bits per heavy atom. The van der Waals surface area contributed by atoms with Gasteiger partial charge in [0.25, 0.3) is 0 Å². The average molecular weight is 352 g/mol. The van der Waals surface area contributed by atoms with Crippen LogP contribution in [0.4, 0.5) is 0 Å². The van der Waals surface area contributed by atoms with Gasteiger partial charge in [0.15, 0.2) is 6.73 Å². The Labute approximate surface area is 150 Å². The predicted octanol–water partition coefficient (Wildman–Crippen LogP) is -1.09. The monoisotopic (exact) mass is 351 g/mol. The molecule has 2 atom stereocenters. The number of hydrogen-bond donors (Lipinski definition) is 2. The molecule has 2 aliphatic rings. The van der Waals surface area contributed by atoms with Crippen LogP contribution in [0.15, 0.2) is 41.8 Å². The van der Waals surface area contributed by atoms with Crippen LogP contribution in [-0.2, 0) is 11.3 Å². The third kappa shape index (κ3) is 4.29. The number of hydrogen-bond acceptors (Lipinski definition) is 4. The maximum atomic E-state index is 8.78. The van der Waals surface area contributed by atoms with Crippen molar-refractivity contribution in [1.29, 1.82) is 0 Å². The summed E-state index contributed by atoms with van der Waals surface area (Å²) < 4.78 is 5.97. The summed E-state index contributed by atoms with van der Waals surface area (Å²) in [5.74, 6) is 0.703. The number of nitrogens with zero attached hydrogens (tertiary/aromatic N) is 2. The molecule has 0 saturated heterocycles. The van der Waals surface area contributed by atoms with E-state index in [0.29, 0.717) is 19.3 Å². The summed E-state index contributed by atoms with van der Waals surface area (Å²) in [5.41, 5.74) is 2.77. The Morgan fingerprint density at radius 2 is 2.08 bits per heavy atom. The van der Waals surface area contributed by atoms with Crippen LogP contribution in [0.2, 0.25) is 0 Å². The minimum Gasteiger partial charge on any atom is -1.00 e. The molecule has 1 fully saturated rings. The molecule has 3 rings (SSSR count). The smallest absolute Gasteiger partial charge is 0.209 e. The molecule has 0 bridgehead atoms. The highest BCUT2D eigenvalue weighted by Crippen LogP contribution is 2.35. The van der Waals surface area contributed by atoms with E-state index in [4.69, 9.17) is 9.94 Å². The highest BCUT2D eigenvalue weighted by Gasteiger charge is 2.27. The molecule has 0 spiro atoms. The van der Waals surface area contributed by atoms with Gasteiger partial charge in [0.05, 0.1) is 12.8 Å². The largest absolute Gasteiger partial charge is 1.00 e. The maximum Gasteiger partial charge on any atom is 0.209 e. The second-order valence-corrected chi connectivity index (χ2v) is 6.44. The highest BCUT2D eigenvalue weighted by molar-refractivity contribution is 5.61.